The fourth-order valence-electron chi connectivity index (χ4n) is 6.12. The third-order valence-electron chi connectivity index (χ3n) is 8.26. The van der Waals surface area contributed by atoms with E-state index in [1.54, 1.807) is 29.8 Å². The molecule has 226 valence electrons. The number of fused-ring (bicyclic) bond motifs is 2. The number of benzene rings is 1. The van der Waals surface area contributed by atoms with Gasteiger partial charge in [0.1, 0.15) is 28.9 Å². The van der Waals surface area contributed by atoms with Crippen LogP contribution >= 0.6 is 11.6 Å². The number of rotatable bonds is 5. The fourth-order valence-corrected chi connectivity index (χ4v) is 6.27. The number of halogens is 3. The molecule has 4 aromatic rings. The number of amides is 1. The highest BCUT2D eigenvalue weighted by Gasteiger charge is 2.28. The monoisotopic (exact) mass is 611 g/mol. The summed E-state index contributed by atoms with van der Waals surface area (Å²) in [5.74, 6) is -1.53. The first-order valence-corrected chi connectivity index (χ1v) is 14.5. The van der Waals surface area contributed by atoms with Gasteiger partial charge < -0.3 is 24.8 Å². The van der Waals surface area contributed by atoms with Crippen LogP contribution in [-0.2, 0) is 24.3 Å². The van der Waals surface area contributed by atoms with Gasteiger partial charge in [-0.3, -0.25) is 14.2 Å². The van der Waals surface area contributed by atoms with E-state index < -0.39 is 23.4 Å². The average molecular weight is 612 g/mol. The van der Waals surface area contributed by atoms with E-state index in [9.17, 15) is 23.5 Å². The van der Waals surface area contributed by atoms with Crippen LogP contribution in [-0.4, -0.2) is 67.7 Å². The Bertz CT molecular complexity index is 1820. The van der Waals surface area contributed by atoms with Gasteiger partial charge in [0.25, 0.3) is 5.56 Å². The Morgan fingerprint density at radius 2 is 1.93 bits per heavy atom. The smallest absolute Gasteiger partial charge is 0.263 e. The summed E-state index contributed by atoms with van der Waals surface area (Å²) in [6.07, 6.45) is 2.18. The summed E-state index contributed by atoms with van der Waals surface area (Å²) in [7, 11) is 2.02. The molecule has 5 heterocycles. The molecule has 1 saturated heterocycles. The second-order valence-electron chi connectivity index (χ2n) is 11.7. The molecule has 1 unspecified atom stereocenters. The second-order valence-corrected chi connectivity index (χ2v) is 12.1. The van der Waals surface area contributed by atoms with Crippen molar-refractivity contribution < 1.29 is 18.7 Å². The van der Waals surface area contributed by atoms with E-state index in [4.69, 9.17) is 16.6 Å². The number of hydrogen-bond donors (Lipinski definition) is 2. The summed E-state index contributed by atoms with van der Waals surface area (Å²) < 4.78 is 32.5. The van der Waals surface area contributed by atoms with Crippen molar-refractivity contribution in [1.29, 1.82) is 0 Å². The largest absolute Gasteiger partial charge is 0.505 e. The standard InChI is InChI=1S/C30H32ClF2N7O3/c1-15-7-22-36-29-25(30(43)40(22)11-15)19(18-8-16(2)27(42)20(32)9-18)13-38(29)14-24(41)34-21-10-23(35-28(33)26(21)31)39-6-5-37(4)12-17(39)3/h8-10,13,15,17,42H,5-7,11-12,14H2,1-4H3,(H,34,35,41)/t15?,17-/m0/s1. The maximum atomic E-state index is 14.8. The molecular weight excluding hydrogens is 580 g/mol. The molecule has 10 nitrogen and oxygen atoms in total. The number of anilines is 2. The number of phenolic OH excluding ortho intramolecular Hbond substituents is 1. The molecule has 2 aliphatic heterocycles. The van der Waals surface area contributed by atoms with Crippen LogP contribution in [0.3, 0.4) is 0 Å². The summed E-state index contributed by atoms with van der Waals surface area (Å²) in [4.78, 5) is 40.0. The number of piperazine rings is 1. The zero-order valence-corrected chi connectivity index (χ0v) is 25.0. The number of phenols is 1. The Kier molecular flexibility index (Phi) is 7.37. The number of nitrogens with zero attached hydrogens (tertiary/aromatic N) is 6. The number of hydrogen-bond acceptors (Lipinski definition) is 7. The van der Waals surface area contributed by atoms with E-state index in [0.717, 1.165) is 19.2 Å². The summed E-state index contributed by atoms with van der Waals surface area (Å²) in [6, 6.07) is 4.37. The number of carbonyl (C=O) groups excluding carboxylic acids is 1. The van der Waals surface area contributed by atoms with Crippen LogP contribution in [0.5, 0.6) is 5.75 Å². The first-order chi connectivity index (χ1) is 20.4. The summed E-state index contributed by atoms with van der Waals surface area (Å²) in [6.45, 7) is 8.03. The number of nitrogens with one attached hydrogen (secondary N) is 1. The van der Waals surface area contributed by atoms with Gasteiger partial charge in [-0.15, -0.1) is 0 Å². The molecule has 1 fully saturated rings. The van der Waals surface area contributed by atoms with Crippen LogP contribution in [0.1, 0.15) is 25.2 Å². The van der Waals surface area contributed by atoms with E-state index in [0.29, 0.717) is 47.8 Å². The molecule has 2 N–H and O–H groups in total. The lowest BCUT2D eigenvalue weighted by Crippen LogP contribution is -2.50. The Morgan fingerprint density at radius 1 is 1.16 bits per heavy atom. The number of aromatic hydroxyl groups is 1. The summed E-state index contributed by atoms with van der Waals surface area (Å²) in [5, 5.41) is 12.6. The van der Waals surface area contributed by atoms with Crippen molar-refractivity contribution in [2.24, 2.45) is 5.92 Å². The second kappa shape index (κ2) is 10.9. The maximum absolute atomic E-state index is 14.8. The van der Waals surface area contributed by atoms with Crippen molar-refractivity contribution >= 4 is 40.0 Å². The van der Waals surface area contributed by atoms with Gasteiger partial charge >= 0.3 is 0 Å². The van der Waals surface area contributed by atoms with E-state index in [1.807, 2.05) is 25.8 Å². The predicted molar refractivity (Wildman–Crippen MR) is 161 cm³/mol. The minimum absolute atomic E-state index is 0.0723. The normalized spacial score (nSPS) is 18.8. The lowest BCUT2D eigenvalue weighted by Gasteiger charge is -2.39. The lowest BCUT2D eigenvalue weighted by atomic mass is 10.0. The number of likely N-dealkylation sites (N-methyl/N-ethyl adjacent to an activating group) is 1. The number of pyridine rings is 1. The Morgan fingerprint density at radius 3 is 2.65 bits per heavy atom. The van der Waals surface area contributed by atoms with Gasteiger partial charge in [-0.2, -0.15) is 4.39 Å². The topological polar surface area (TPSA) is 109 Å². The van der Waals surface area contributed by atoms with Gasteiger partial charge in [0.2, 0.25) is 11.9 Å². The highest BCUT2D eigenvalue weighted by atomic mass is 35.5. The fraction of sp³-hybridized carbons (Fsp3) is 0.400. The molecule has 6 rings (SSSR count). The van der Waals surface area contributed by atoms with Crippen LogP contribution < -0.4 is 15.8 Å². The maximum Gasteiger partial charge on any atom is 0.263 e. The van der Waals surface area contributed by atoms with E-state index in [2.05, 4.69) is 15.2 Å². The highest BCUT2D eigenvalue weighted by Crippen LogP contribution is 2.34. The zero-order chi connectivity index (χ0) is 30.7. The van der Waals surface area contributed by atoms with Gasteiger partial charge in [0.05, 0.1) is 11.1 Å². The third-order valence-corrected chi connectivity index (χ3v) is 8.62. The van der Waals surface area contributed by atoms with Gasteiger partial charge in [-0.05, 0) is 50.1 Å². The molecule has 0 bridgehead atoms. The van der Waals surface area contributed by atoms with Gasteiger partial charge in [-0.25, -0.2) is 14.4 Å². The van der Waals surface area contributed by atoms with E-state index in [-0.39, 0.29) is 45.8 Å². The first-order valence-electron chi connectivity index (χ1n) is 14.1. The van der Waals surface area contributed by atoms with Gasteiger partial charge in [0.15, 0.2) is 11.6 Å². The van der Waals surface area contributed by atoms with Crippen LogP contribution in [0, 0.1) is 24.6 Å². The molecule has 13 heteroatoms. The molecule has 0 aliphatic carbocycles. The number of aryl methyl sites for hydroxylation is 1. The molecule has 0 saturated carbocycles. The van der Waals surface area contributed by atoms with Crippen molar-refractivity contribution in [3.05, 3.63) is 62.9 Å². The number of aromatic nitrogens is 4. The highest BCUT2D eigenvalue weighted by molar-refractivity contribution is 6.33. The van der Waals surface area contributed by atoms with Crippen LogP contribution in [0.15, 0.2) is 29.2 Å². The molecular formula is C30H32ClF2N7O3. The molecule has 2 aliphatic rings. The number of carbonyl (C=O) groups is 1. The lowest BCUT2D eigenvalue weighted by molar-refractivity contribution is -0.116. The molecule has 3 aromatic heterocycles. The SMILES string of the molecule is Cc1cc(-c2cn(CC(=O)Nc3cc(N4CCN(C)C[C@@H]4C)nc(F)c3Cl)c3nc4n(c(=O)c23)CC(C)C4)cc(F)c1O. The summed E-state index contributed by atoms with van der Waals surface area (Å²) in [5.41, 5.74) is 1.13. The van der Waals surface area contributed by atoms with Gasteiger partial charge in [0, 0.05) is 56.5 Å². The van der Waals surface area contributed by atoms with Crippen molar-refractivity contribution in [3.8, 4) is 16.9 Å². The van der Waals surface area contributed by atoms with E-state index >= 15 is 0 Å². The van der Waals surface area contributed by atoms with Crippen molar-refractivity contribution in [1.82, 2.24) is 24.0 Å². The molecule has 1 amide bonds. The Hall–Kier alpha value is -4.03. The Balaban J connectivity index is 1.37. The Labute approximate surface area is 251 Å². The molecule has 2 atom stereocenters. The van der Waals surface area contributed by atoms with E-state index in [1.165, 1.54) is 4.57 Å². The summed E-state index contributed by atoms with van der Waals surface area (Å²) >= 11 is 6.23. The first kappa shape index (κ1) is 29.1. The molecule has 0 radical (unpaired) electrons. The zero-order valence-electron chi connectivity index (χ0n) is 24.3. The van der Waals surface area contributed by atoms with Crippen LogP contribution in [0.4, 0.5) is 20.3 Å². The third kappa shape index (κ3) is 5.22. The average Bonchev–Trinajstić information content (AvgIpc) is 3.50. The van der Waals surface area contributed by atoms with Crippen molar-refractivity contribution in [3.63, 3.8) is 0 Å². The van der Waals surface area contributed by atoms with Crippen molar-refractivity contribution in [2.45, 2.75) is 46.3 Å². The molecule has 43 heavy (non-hydrogen) atoms. The van der Waals surface area contributed by atoms with Crippen LogP contribution in [0.25, 0.3) is 22.2 Å². The minimum Gasteiger partial charge on any atom is -0.505 e. The molecule has 0 spiro atoms. The van der Waals surface area contributed by atoms with Crippen molar-refractivity contribution in [2.75, 3.05) is 36.9 Å². The molecule has 1 aromatic carbocycles. The van der Waals surface area contributed by atoms with Crippen LogP contribution in [0.2, 0.25) is 5.02 Å². The minimum atomic E-state index is -0.890. The predicted octanol–water partition coefficient (Wildman–Crippen LogP) is 4.18. The quantitative estimate of drug-likeness (QED) is 0.326. The van der Waals surface area contributed by atoms with Gasteiger partial charge in [-0.1, -0.05) is 18.5 Å².